The molecule has 0 amide bonds. The average molecular weight is 455 g/mol. The molecule has 7 nitrogen and oxygen atoms in total. The summed E-state index contributed by atoms with van der Waals surface area (Å²) >= 11 is 3.38. The van der Waals surface area contributed by atoms with Crippen molar-refractivity contribution < 1.29 is 4.42 Å². The molecule has 0 atom stereocenters. The standard InChI is InChI=1S/C22H26N6OS2/c1-13(2)11-28-20(15-8-6-10-29-15)26-27-22(28)30-12-17-24-19(23)18-14-7-4-3-5-9-16(14)31-21(18)25-17/h6,8,10,13H,3-5,7,9,11-12H2,1-2H3,(H2,23,24,25). The fourth-order valence-electron chi connectivity index (χ4n) is 4.12. The van der Waals surface area contributed by atoms with Gasteiger partial charge in [-0.3, -0.25) is 4.57 Å². The zero-order chi connectivity index (χ0) is 21.4. The first-order chi connectivity index (χ1) is 15.1. The Morgan fingerprint density at radius 2 is 2.06 bits per heavy atom. The minimum atomic E-state index is 0.453. The molecule has 162 valence electrons. The van der Waals surface area contributed by atoms with Crippen molar-refractivity contribution in [2.24, 2.45) is 5.92 Å². The van der Waals surface area contributed by atoms with E-state index >= 15 is 0 Å². The van der Waals surface area contributed by atoms with Gasteiger partial charge >= 0.3 is 0 Å². The van der Waals surface area contributed by atoms with E-state index in [2.05, 4.69) is 33.6 Å². The highest BCUT2D eigenvalue weighted by molar-refractivity contribution is 7.98. The Morgan fingerprint density at radius 3 is 2.87 bits per heavy atom. The predicted octanol–water partition coefficient (Wildman–Crippen LogP) is 5.34. The van der Waals surface area contributed by atoms with Crippen molar-refractivity contribution in [1.29, 1.82) is 0 Å². The SMILES string of the molecule is CC(C)Cn1c(SCc2nc(N)c3c4c(sc3n2)CCCCC4)nnc1-c1ccco1. The van der Waals surface area contributed by atoms with Gasteiger partial charge in [0.1, 0.15) is 16.5 Å². The molecule has 0 unspecified atom stereocenters. The molecule has 0 spiro atoms. The molecule has 9 heteroatoms. The maximum atomic E-state index is 6.41. The van der Waals surface area contributed by atoms with Crippen LogP contribution in [0.25, 0.3) is 21.8 Å². The minimum absolute atomic E-state index is 0.453. The summed E-state index contributed by atoms with van der Waals surface area (Å²) < 4.78 is 7.67. The Morgan fingerprint density at radius 1 is 1.19 bits per heavy atom. The fraction of sp³-hybridized carbons (Fsp3) is 0.455. The van der Waals surface area contributed by atoms with E-state index in [4.69, 9.17) is 15.1 Å². The van der Waals surface area contributed by atoms with E-state index in [0.29, 0.717) is 17.5 Å². The molecule has 2 N–H and O–H groups in total. The van der Waals surface area contributed by atoms with E-state index in [-0.39, 0.29) is 0 Å². The van der Waals surface area contributed by atoms with E-state index in [1.807, 2.05) is 12.1 Å². The van der Waals surface area contributed by atoms with Crippen LogP contribution in [0.4, 0.5) is 5.82 Å². The quantitative estimate of drug-likeness (QED) is 0.310. The first-order valence-corrected chi connectivity index (χ1v) is 12.6. The third-order valence-corrected chi connectivity index (χ3v) is 7.62. The molecule has 5 rings (SSSR count). The van der Waals surface area contributed by atoms with Crippen LogP contribution >= 0.6 is 23.1 Å². The number of aromatic nitrogens is 5. The van der Waals surface area contributed by atoms with Crippen LogP contribution in [0.5, 0.6) is 0 Å². The maximum absolute atomic E-state index is 6.41. The van der Waals surface area contributed by atoms with Crippen molar-refractivity contribution >= 4 is 39.1 Å². The van der Waals surface area contributed by atoms with Crippen molar-refractivity contribution in [2.75, 3.05) is 5.73 Å². The number of nitrogens with two attached hydrogens (primary N) is 1. The highest BCUT2D eigenvalue weighted by Gasteiger charge is 2.21. The molecule has 31 heavy (non-hydrogen) atoms. The topological polar surface area (TPSA) is 95.7 Å². The summed E-state index contributed by atoms with van der Waals surface area (Å²) in [5, 5.41) is 10.7. The van der Waals surface area contributed by atoms with Gasteiger partial charge in [-0.15, -0.1) is 21.5 Å². The van der Waals surface area contributed by atoms with Gasteiger partial charge < -0.3 is 10.2 Å². The molecule has 4 aromatic rings. The third-order valence-electron chi connectivity index (χ3n) is 5.48. The van der Waals surface area contributed by atoms with Gasteiger partial charge in [-0.2, -0.15) is 0 Å². The molecule has 0 fully saturated rings. The lowest BCUT2D eigenvalue weighted by Gasteiger charge is -2.11. The summed E-state index contributed by atoms with van der Waals surface area (Å²) in [6.07, 6.45) is 7.64. The third kappa shape index (κ3) is 4.08. The van der Waals surface area contributed by atoms with Gasteiger partial charge in [0.25, 0.3) is 0 Å². The number of aryl methyl sites for hydroxylation is 2. The van der Waals surface area contributed by atoms with Crippen LogP contribution < -0.4 is 5.73 Å². The molecular formula is C22H26N6OS2. The van der Waals surface area contributed by atoms with Gasteiger partial charge in [-0.25, -0.2) is 9.97 Å². The van der Waals surface area contributed by atoms with Crippen LogP contribution in [0.2, 0.25) is 0 Å². The van der Waals surface area contributed by atoms with Crippen molar-refractivity contribution in [3.8, 4) is 11.6 Å². The maximum Gasteiger partial charge on any atom is 0.200 e. The lowest BCUT2D eigenvalue weighted by Crippen LogP contribution is -2.08. The molecule has 0 aliphatic heterocycles. The predicted molar refractivity (Wildman–Crippen MR) is 125 cm³/mol. The lowest BCUT2D eigenvalue weighted by molar-refractivity contribution is 0.489. The van der Waals surface area contributed by atoms with Gasteiger partial charge in [0, 0.05) is 11.4 Å². The number of hydrogen-bond acceptors (Lipinski definition) is 8. The van der Waals surface area contributed by atoms with Crippen molar-refractivity contribution in [2.45, 2.75) is 63.4 Å². The first kappa shape index (κ1) is 20.5. The number of thioether (sulfide) groups is 1. The largest absolute Gasteiger partial charge is 0.461 e. The number of nitrogens with zero attached hydrogens (tertiary/aromatic N) is 5. The van der Waals surface area contributed by atoms with Gasteiger partial charge in [-0.05, 0) is 49.3 Å². The van der Waals surface area contributed by atoms with Gasteiger partial charge in [0.15, 0.2) is 16.7 Å². The van der Waals surface area contributed by atoms with Crippen molar-refractivity contribution in [3.05, 3.63) is 34.7 Å². The van der Waals surface area contributed by atoms with E-state index < -0.39 is 0 Å². The molecule has 0 radical (unpaired) electrons. The monoisotopic (exact) mass is 454 g/mol. The Hall–Kier alpha value is -2.39. The Bertz CT molecular complexity index is 1190. The highest BCUT2D eigenvalue weighted by atomic mass is 32.2. The van der Waals surface area contributed by atoms with Crippen LogP contribution in [0, 0.1) is 5.92 Å². The van der Waals surface area contributed by atoms with Crippen LogP contribution in [-0.4, -0.2) is 24.7 Å². The Kier molecular flexibility index (Phi) is 5.71. The second-order valence-corrected chi connectivity index (χ2v) is 10.4. The number of anilines is 1. The summed E-state index contributed by atoms with van der Waals surface area (Å²) in [6.45, 7) is 5.17. The Balaban J connectivity index is 1.42. The van der Waals surface area contributed by atoms with E-state index in [1.54, 1.807) is 29.4 Å². The number of nitrogen functional groups attached to an aromatic ring is 1. The summed E-state index contributed by atoms with van der Waals surface area (Å²) in [4.78, 5) is 12.0. The van der Waals surface area contributed by atoms with Crippen LogP contribution in [-0.2, 0) is 25.1 Å². The van der Waals surface area contributed by atoms with Gasteiger partial charge in [-0.1, -0.05) is 32.0 Å². The molecular weight excluding hydrogens is 428 g/mol. The van der Waals surface area contributed by atoms with Crippen LogP contribution in [0.15, 0.2) is 28.0 Å². The molecule has 0 aromatic carbocycles. The van der Waals surface area contributed by atoms with Crippen LogP contribution in [0.1, 0.15) is 49.4 Å². The normalized spacial score (nSPS) is 14.3. The van der Waals surface area contributed by atoms with Crippen molar-refractivity contribution in [1.82, 2.24) is 24.7 Å². The fourth-order valence-corrected chi connectivity index (χ4v) is 6.21. The minimum Gasteiger partial charge on any atom is -0.461 e. The lowest BCUT2D eigenvalue weighted by atomic mass is 10.1. The smallest absolute Gasteiger partial charge is 0.200 e. The van der Waals surface area contributed by atoms with Crippen LogP contribution in [0.3, 0.4) is 0 Å². The van der Waals surface area contributed by atoms with E-state index in [9.17, 15) is 0 Å². The highest BCUT2D eigenvalue weighted by Crippen LogP contribution is 2.37. The van der Waals surface area contributed by atoms with E-state index in [0.717, 1.165) is 52.2 Å². The Labute approximate surface area is 189 Å². The molecule has 0 saturated heterocycles. The molecule has 4 heterocycles. The second-order valence-electron chi connectivity index (χ2n) is 8.35. The summed E-state index contributed by atoms with van der Waals surface area (Å²) in [5.74, 6) is 3.87. The zero-order valence-electron chi connectivity index (χ0n) is 17.8. The summed E-state index contributed by atoms with van der Waals surface area (Å²) in [5.41, 5.74) is 7.79. The molecule has 0 saturated carbocycles. The second kappa shape index (κ2) is 8.63. The zero-order valence-corrected chi connectivity index (χ0v) is 19.4. The van der Waals surface area contributed by atoms with Gasteiger partial charge in [0.05, 0.1) is 17.4 Å². The number of thiophene rings is 1. The molecule has 0 bridgehead atoms. The molecule has 1 aliphatic rings. The average Bonchev–Trinajstić information content (AvgIpc) is 3.42. The van der Waals surface area contributed by atoms with Gasteiger partial charge in [0.2, 0.25) is 0 Å². The summed E-state index contributed by atoms with van der Waals surface area (Å²) in [6, 6.07) is 3.78. The number of rotatable bonds is 6. The van der Waals surface area contributed by atoms with Crippen molar-refractivity contribution in [3.63, 3.8) is 0 Å². The van der Waals surface area contributed by atoms with E-state index in [1.165, 1.54) is 29.7 Å². The number of hydrogen-bond donors (Lipinski definition) is 1. The number of furan rings is 1. The molecule has 4 aromatic heterocycles. The first-order valence-electron chi connectivity index (χ1n) is 10.8. The number of fused-ring (bicyclic) bond motifs is 3. The molecule has 1 aliphatic carbocycles. The summed E-state index contributed by atoms with van der Waals surface area (Å²) in [7, 11) is 0.